The number of hydrogen-bond donors (Lipinski definition) is 1. The fourth-order valence-electron chi connectivity index (χ4n) is 1.27. The van der Waals surface area contributed by atoms with Crippen LogP contribution in [0, 0.1) is 5.92 Å². The largest absolute Gasteiger partial charge is 0.393 e. The van der Waals surface area contributed by atoms with Gasteiger partial charge in [0.15, 0.2) is 5.78 Å². The van der Waals surface area contributed by atoms with E-state index < -0.39 is 5.60 Å². The van der Waals surface area contributed by atoms with Gasteiger partial charge in [-0.2, -0.15) is 0 Å². The molecule has 1 N–H and O–H groups in total. The summed E-state index contributed by atoms with van der Waals surface area (Å²) in [7, 11) is 1.46. The first-order valence-corrected chi connectivity index (χ1v) is 4.15. The zero-order valence-corrected chi connectivity index (χ0v) is 8.26. The third kappa shape index (κ3) is 2.57. The van der Waals surface area contributed by atoms with E-state index in [0.717, 1.165) is 0 Å². The first kappa shape index (κ1) is 11.6. The molecule has 0 spiro atoms. The first-order chi connectivity index (χ1) is 5.48. The number of aliphatic hydroxyl groups is 1. The minimum absolute atomic E-state index is 0.110. The van der Waals surface area contributed by atoms with E-state index in [1.54, 1.807) is 0 Å². The molecular formula is C9H18O3. The van der Waals surface area contributed by atoms with Crippen LogP contribution in [0.25, 0.3) is 0 Å². The monoisotopic (exact) mass is 174 g/mol. The van der Waals surface area contributed by atoms with Crippen molar-refractivity contribution in [2.24, 2.45) is 5.92 Å². The molecule has 0 aliphatic heterocycles. The number of rotatable bonds is 5. The number of ketones is 1. The van der Waals surface area contributed by atoms with Crippen LogP contribution in [0.5, 0.6) is 0 Å². The van der Waals surface area contributed by atoms with Crippen molar-refractivity contribution in [3.05, 3.63) is 0 Å². The average molecular weight is 174 g/mol. The van der Waals surface area contributed by atoms with E-state index in [1.165, 1.54) is 14.0 Å². The van der Waals surface area contributed by atoms with E-state index >= 15 is 0 Å². The summed E-state index contributed by atoms with van der Waals surface area (Å²) in [5.74, 6) is 0.224. The lowest BCUT2D eigenvalue weighted by Gasteiger charge is -2.29. The number of carbonyl (C=O) groups excluding carboxylic acids is 1. The molecule has 12 heavy (non-hydrogen) atoms. The zero-order chi connectivity index (χ0) is 9.78. The number of aliphatic hydroxyl groups excluding tert-OH is 1. The molecular weight excluding hydrogens is 156 g/mol. The van der Waals surface area contributed by atoms with Gasteiger partial charge in [-0.05, 0) is 19.3 Å². The molecule has 72 valence electrons. The summed E-state index contributed by atoms with van der Waals surface area (Å²) in [5.41, 5.74) is -0.978. The molecule has 3 nitrogen and oxygen atoms in total. The van der Waals surface area contributed by atoms with Crippen molar-refractivity contribution < 1.29 is 14.6 Å². The predicted octanol–water partition coefficient (Wildman–Crippen LogP) is 0.999. The maximum Gasteiger partial charge on any atom is 0.163 e. The SMILES string of the molecule is COC(CO)(CC(C)C)C(C)=O. The standard InChI is InChI=1S/C9H18O3/c1-7(2)5-9(6-10,12-4)8(3)11/h7,10H,5-6H2,1-4H3. The molecule has 0 heterocycles. The highest BCUT2D eigenvalue weighted by Crippen LogP contribution is 2.21. The predicted molar refractivity (Wildman–Crippen MR) is 47.0 cm³/mol. The molecule has 1 atom stereocenters. The molecule has 0 fully saturated rings. The molecule has 0 rings (SSSR count). The quantitative estimate of drug-likeness (QED) is 0.676. The zero-order valence-electron chi connectivity index (χ0n) is 8.26. The molecule has 0 radical (unpaired) electrons. The Labute approximate surface area is 73.7 Å². The minimum atomic E-state index is -0.978. The summed E-state index contributed by atoms with van der Waals surface area (Å²) in [4.78, 5) is 11.2. The smallest absolute Gasteiger partial charge is 0.163 e. The van der Waals surface area contributed by atoms with Crippen molar-refractivity contribution in [2.45, 2.75) is 32.8 Å². The van der Waals surface area contributed by atoms with Crippen molar-refractivity contribution in [2.75, 3.05) is 13.7 Å². The van der Waals surface area contributed by atoms with E-state index in [4.69, 9.17) is 9.84 Å². The van der Waals surface area contributed by atoms with Gasteiger partial charge in [-0.3, -0.25) is 4.79 Å². The molecule has 0 amide bonds. The summed E-state index contributed by atoms with van der Waals surface area (Å²) in [6, 6.07) is 0. The van der Waals surface area contributed by atoms with Gasteiger partial charge >= 0.3 is 0 Å². The van der Waals surface area contributed by atoms with Crippen LogP contribution in [-0.4, -0.2) is 30.2 Å². The third-order valence-electron chi connectivity index (χ3n) is 2.03. The number of carbonyl (C=O) groups is 1. The van der Waals surface area contributed by atoms with Crippen LogP contribution in [0.3, 0.4) is 0 Å². The summed E-state index contributed by atoms with van der Waals surface area (Å²) in [6.45, 7) is 5.19. The summed E-state index contributed by atoms with van der Waals surface area (Å²) in [6.07, 6.45) is 0.565. The van der Waals surface area contributed by atoms with Crippen LogP contribution in [0.15, 0.2) is 0 Å². The molecule has 3 heteroatoms. The Morgan fingerprint density at radius 2 is 2.08 bits per heavy atom. The van der Waals surface area contributed by atoms with Gasteiger partial charge in [0.25, 0.3) is 0 Å². The number of hydrogen-bond acceptors (Lipinski definition) is 3. The number of ether oxygens (including phenoxy) is 1. The summed E-state index contributed by atoms with van der Waals surface area (Å²) >= 11 is 0. The van der Waals surface area contributed by atoms with E-state index in [1.807, 2.05) is 13.8 Å². The lowest BCUT2D eigenvalue weighted by atomic mass is 9.89. The Bertz CT molecular complexity index is 148. The molecule has 0 aromatic heterocycles. The van der Waals surface area contributed by atoms with Gasteiger partial charge in [0.1, 0.15) is 5.60 Å². The van der Waals surface area contributed by atoms with Crippen molar-refractivity contribution in [1.29, 1.82) is 0 Å². The van der Waals surface area contributed by atoms with Crippen LogP contribution >= 0.6 is 0 Å². The summed E-state index contributed by atoms with van der Waals surface area (Å²) < 4.78 is 5.06. The highest BCUT2D eigenvalue weighted by Gasteiger charge is 2.35. The van der Waals surface area contributed by atoms with Gasteiger partial charge in [0.2, 0.25) is 0 Å². The Morgan fingerprint density at radius 1 is 1.58 bits per heavy atom. The normalized spacial score (nSPS) is 16.2. The van der Waals surface area contributed by atoms with Gasteiger partial charge in [-0.25, -0.2) is 0 Å². The third-order valence-corrected chi connectivity index (χ3v) is 2.03. The Morgan fingerprint density at radius 3 is 2.17 bits per heavy atom. The van der Waals surface area contributed by atoms with Crippen molar-refractivity contribution in [3.63, 3.8) is 0 Å². The molecule has 0 aliphatic rings. The molecule has 0 aromatic carbocycles. The van der Waals surface area contributed by atoms with Gasteiger partial charge < -0.3 is 9.84 Å². The van der Waals surface area contributed by atoms with Gasteiger partial charge in [-0.15, -0.1) is 0 Å². The van der Waals surface area contributed by atoms with Crippen LogP contribution < -0.4 is 0 Å². The van der Waals surface area contributed by atoms with Gasteiger partial charge in [0.05, 0.1) is 6.61 Å². The van der Waals surface area contributed by atoms with Crippen molar-refractivity contribution in [3.8, 4) is 0 Å². The Kier molecular flexibility index (Phi) is 4.42. The number of Topliss-reactive ketones (excluding diaryl/α,β-unsaturated/α-hetero) is 1. The molecule has 0 saturated carbocycles. The molecule has 0 saturated heterocycles. The molecule has 0 aromatic rings. The highest BCUT2D eigenvalue weighted by atomic mass is 16.5. The van der Waals surface area contributed by atoms with Crippen molar-refractivity contribution in [1.82, 2.24) is 0 Å². The average Bonchev–Trinajstić information content (AvgIpc) is 1.99. The maximum atomic E-state index is 11.2. The van der Waals surface area contributed by atoms with E-state index in [-0.39, 0.29) is 12.4 Å². The second kappa shape index (κ2) is 4.58. The summed E-state index contributed by atoms with van der Waals surface area (Å²) in [5, 5.41) is 9.05. The molecule has 1 unspecified atom stereocenters. The first-order valence-electron chi connectivity index (χ1n) is 4.15. The fourth-order valence-corrected chi connectivity index (χ4v) is 1.27. The highest BCUT2D eigenvalue weighted by molar-refractivity contribution is 5.85. The maximum absolute atomic E-state index is 11.2. The van der Waals surface area contributed by atoms with E-state index in [2.05, 4.69) is 0 Å². The van der Waals surface area contributed by atoms with Crippen LogP contribution in [-0.2, 0) is 9.53 Å². The lowest BCUT2D eigenvalue weighted by Crippen LogP contribution is -2.44. The van der Waals surface area contributed by atoms with Gasteiger partial charge in [-0.1, -0.05) is 13.8 Å². The second-order valence-corrected chi connectivity index (χ2v) is 3.51. The van der Waals surface area contributed by atoms with Crippen LogP contribution in [0.4, 0.5) is 0 Å². The lowest BCUT2D eigenvalue weighted by molar-refractivity contribution is -0.146. The van der Waals surface area contributed by atoms with E-state index in [9.17, 15) is 4.79 Å². The number of methoxy groups -OCH3 is 1. The van der Waals surface area contributed by atoms with Gasteiger partial charge in [0, 0.05) is 7.11 Å². The van der Waals surface area contributed by atoms with Crippen molar-refractivity contribution >= 4 is 5.78 Å². The minimum Gasteiger partial charge on any atom is -0.393 e. The topological polar surface area (TPSA) is 46.5 Å². The Hall–Kier alpha value is -0.410. The van der Waals surface area contributed by atoms with E-state index in [0.29, 0.717) is 12.3 Å². The Balaban J connectivity index is 4.46. The molecule has 0 aliphatic carbocycles. The second-order valence-electron chi connectivity index (χ2n) is 3.51. The fraction of sp³-hybridized carbons (Fsp3) is 0.889. The van der Waals surface area contributed by atoms with Crippen LogP contribution in [0.1, 0.15) is 27.2 Å². The molecule has 0 bridgehead atoms. The van der Waals surface area contributed by atoms with Crippen LogP contribution in [0.2, 0.25) is 0 Å².